The fourth-order valence-electron chi connectivity index (χ4n) is 2.05. The first-order valence-corrected chi connectivity index (χ1v) is 4.45. The fraction of sp³-hybridized carbons (Fsp3) is 0.600. The van der Waals surface area contributed by atoms with E-state index in [4.69, 9.17) is 0 Å². The second-order valence-corrected chi connectivity index (χ2v) is 3.46. The molecule has 0 aliphatic heterocycles. The Morgan fingerprint density at radius 2 is 2.45 bits per heavy atom. The summed E-state index contributed by atoms with van der Waals surface area (Å²) in [4.78, 5) is 0. The Balaban J connectivity index is 0.000000720. The van der Waals surface area contributed by atoms with Gasteiger partial charge in [0.2, 0.25) is 0 Å². The van der Waals surface area contributed by atoms with Crippen LogP contribution >= 0.6 is 0 Å². The molecule has 0 aromatic heterocycles. The number of rotatable bonds is 1. The van der Waals surface area contributed by atoms with Gasteiger partial charge in [0.05, 0.1) is 0 Å². The molecule has 0 radical (unpaired) electrons. The topological polar surface area (TPSA) is 12.0 Å². The van der Waals surface area contributed by atoms with Crippen molar-refractivity contribution in [2.45, 2.75) is 31.7 Å². The zero-order chi connectivity index (χ0) is 7.68. The van der Waals surface area contributed by atoms with Crippen molar-refractivity contribution in [3.05, 3.63) is 23.3 Å². The first-order chi connectivity index (χ1) is 5.40. The molecule has 0 spiro atoms. The van der Waals surface area contributed by atoms with Gasteiger partial charge in [0.25, 0.3) is 0 Å². The molecule has 1 unspecified atom stereocenters. The van der Waals surface area contributed by atoms with E-state index in [1.165, 1.54) is 25.7 Å². The highest BCUT2D eigenvalue weighted by Gasteiger charge is 2.21. The molecule has 2 rings (SSSR count). The molecule has 0 fully saturated rings. The quantitative estimate of drug-likeness (QED) is 0.606. The van der Waals surface area contributed by atoms with Crippen molar-refractivity contribution in [2.75, 3.05) is 7.05 Å². The summed E-state index contributed by atoms with van der Waals surface area (Å²) < 4.78 is 0. The molecule has 0 saturated heterocycles. The van der Waals surface area contributed by atoms with Crippen LogP contribution in [0.5, 0.6) is 0 Å². The lowest BCUT2D eigenvalue weighted by atomic mass is 10.0. The van der Waals surface area contributed by atoms with Crippen LogP contribution < -0.4 is 5.32 Å². The standard InChI is InChI=1S/C10H15N.H2/c1-11-10-6-8-4-2-3-5-9(8)7-10;/h2,4,10-11H,3,5-7H2,1H3;1H. The van der Waals surface area contributed by atoms with Gasteiger partial charge in [-0.15, -0.1) is 0 Å². The molecular weight excluding hydrogens is 134 g/mol. The molecule has 1 N–H and O–H groups in total. The van der Waals surface area contributed by atoms with Gasteiger partial charge < -0.3 is 5.32 Å². The van der Waals surface area contributed by atoms with Gasteiger partial charge in [-0.05, 0) is 38.3 Å². The largest absolute Gasteiger partial charge is 0.316 e. The van der Waals surface area contributed by atoms with Crippen LogP contribution in [0.15, 0.2) is 23.3 Å². The third kappa shape index (κ3) is 1.25. The van der Waals surface area contributed by atoms with Crippen LogP contribution in [0.4, 0.5) is 0 Å². The monoisotopic (exact) mass is 151 g/mol. The van der Waals surface area contributed by atoms with Crippen molar-refractivity contribution in [2.24, 2.45) is 0 Å². The van der Waals surface area contributed by atoms with Crippen LogP contribution in [0.3, 0.4) is 0 Å². The lowest BCUT2D eigenvalue weighted by molar-refractivity contribution is 0.587. The highest BCUT2D eigenvalue weighted by Crippen LogP contribution is 2.33. The molecule has 2 aliphatic rings. The van der Waals surface area contributed by atoms with Gasteiger partial charge in [-0.3, -0.25) is 0 Å². The zero-order valence-corrected chi connectivity index (χ0v) is 7.06. The number of hydrogen-bond donors (Lipinski definition) is 1. The van der Waals surface area contributed by atoms with Crippen molar-refractivity contribution in [1.82, 2.24) is 5.32 Å². The smallest absolute Gasteiger partial charge is 0.0142 e. The number of hydrogen-bond acceptors (Lipinski definition) is 1. The lowest BCUT2D eigenvalue weighted by Gasteiger charge is -2.07. The Kier molecular flexibility index (Phi) is 1.82. The highest BCUT2D eigenvalue weighted by atomic mass is 14.9. The van der Waals surface area contributed by atoms with Crippen LogP contribution in [0.2, 0.25) is 0 Å². The van der Waals surface area contributed by atoms with E-state index >= 15 is 0 Å². The van der Waals surface area contributed by atoms with Gasteiger partial charge in [0.15, 0.2) is 0 Å². The predicted octanol–water partition coefficient (Wildman–Crippen LogP) is 2.26. The highest BCUT2D eigenvalue weighted by molar-refractivity contribution is 5.35. The summed E-state index contributed by atoms with van der Waals surface area (Å²) in [5.41, 5.74) is 3.31. The SMILES string of the molecule is CNC1CC2=C(CCC=C2)C1.[HH]. The molecule has 11 heavy (non-hydrogen) atoms. The molecule has 0 aromatic rings. The number of nitrogens with one attached hydrogen (secondary N) is 1. The van der Waals surface area contributed by atoms with Crippen LogP contribution in [0.1, 0.15) is 27.1 Å². The normalized spacial score (nSPS) is 29.4. The summed E-state index contributed by atoms with van der Waals surface area (Å²) in [5.74, 6) is 0. The summed E-state index contributed by atoms with van der Waals surface area (Å²) in [6, 6.07) is 0.725. The number of allylic oxidation sites excluding steroid dienone is 2. The zero-order valence-electron chi connectivity index (χ0n) is 7.06. The Morgan fingerprint density at radius 1 is 1.55 bits per heavy atom. The summed E-state index contributed by atoms with van der Waals surface area (Å²) in [7, 11) is 2.06. The van der Waals surface area contributed by atoms with Crippen molar-refractivity contribution in [3.63, 3.8) is 0 Å². The molecule has 0 saturated carbocycles. The van der Waals surface area contributed by atoms with E-state index in [0.29, 0.717) is 0 Å². The molecule has 0 aromatic carbocycles. The Bertz CT molecular complexity index is 218. The maximum atomic E-state index is 3.34. The predicted molar refractivity (Wildman–Crippen MR) is 49.6 cm³/mol. The molecule has 2 aliphatic carbocycles. The average molecular weight is 151 g/mol. The fourth-order valence-corrected chi connectivity index (χ4v) is 2.05. The summed E-state index contributed by atoms with van der Waals surface area (Å²) in [6.45, 7) is 0. The van der Waals surface area contributed by atoms with Gasteiger partial charge in [-0.25, -0.2) is 0 Å². The molecule has 1 heteroatoms. The van der Waals surface area contributed by atoms with Crippen LogP contribution in [0, 0.1) is 0 Å². The van der Waals surface area contributed by atoms with Crippen molar-refractivity contribution < 1.29 is 1.43 Å². The third-order valence-electron chi connectivity index (χ3n) is 2.75. The maximum Gasteiger partial charge on any atom is 0.0142 e. The summed E-state index contributed by atoms with van der Waals surface area (Å²) in [5, 5.41) is 3.34. The lowest BCUT2D eigenvalue weighted by Crippen LogP contribution is -2.21. The Labute approximate surface area is 69.7 Å². The second kappa shape index (κ2) is 2.82. The molecule has 0 amide bonds. The molecular formula is C10H17N. The van der Waals surface area contributed by atoms with E-state index in [-0.39, 0.29) is 1.43 Å². The van der Waals surface area contributed by atoms with Crippen molar-refractivity contribution in [3.8, 4) is 0 Å². The Hall–Kier alpha value is -0.560. The minimum Gasteiger partial charge on any atom is -0.316 e. The van der Waals surface area contributed by atoms with Crippen molar-refractivity contribution in [1.29, 1.82) is 0 Å². The first kappa shape index (κ1) is 7.11. The van der Waals surface area contributed by atoms with E-state index < -0.39 is 0 Å². The molecule has 0 bridgehead atoms. The molecule has 1 nitrogen and oxygen atoms in total. The van der Waals surface area contributed by atoms with Crippen LogP contribution in [0.25, 0.3) is 0 Å². The van der Waals surface area contributed by atoms with Gasteiger partial charge in [-0.1, -0.05) is 17.7 Å². The van der Waals surface area contributed by atoms with Crippen LogP contribution in [-0.2, 0) is 0 Å². The molecule has 62 valence electrons. The van der Waals surface area contributed by atoms with Gasteiger partial charge in [0.1, 0.15) is 0 Å². The van der Waals surface area contributed by atoms with E-state index in [1.807, 2.05) is 0 Å². The minimum absolute atomic E-state index is 0. The van der Waals surface area contributed by atoms with Gasteiger partial charge in [0, 0.05) is 7.47 Å². The van der Waals surface area contributed by atoms with Gasteiger partial charge >= 0.3 is 0 Å². The average Bonchev–Trinajstić information content (AvgIpc) is 2.46. The molecule has 1 atom stereocenters. The maximum absolute atomic E-state index is 3.34. The molecule has 0 heterocycles. The first-order valence-electron chi connectivity index (χ1n) is 4.45. The summed E-state index contributed by atoms with van der Waals surface area (Å²) >= 11 is 0. The van der Waals surface area contributed by atoms with E-state index in [9.17, 15) is 0 Å². The van der Waals surface area contributed by atoms with Crippen molar-refractivity contribution >= 4 is 0 Å². The third-order valence-corrected chi connectivity index (χ3v) is 2.75. The van der Waals surface area contributed by atoms with Gasteiger partial charge in [-0.2, -0.15) is 0 Å². The van der Waals surface area contributed by atoms with E-state index in [0.717, 1.165) is 6.04 Å². The summed E-state index contributed by atoms with van der Waals surface area (Å²) in [6.07, 6.45) is 9.73. The minimum atomic E-state index is 0. The van der Waals surface area contributed by atoms with E-state index in [2.05, 4.69) is 24.5 Å². The Morgan fingerprint density at radius 3 is 3.18 bits per heavy atom. The second-order valence-electron chi connectivity index (χ2n) is 3.46. The van der Waals surface area contributed by atoms with Crippen LogP contribution in [-0.4, -0.2) is 13.1 Å². The van der Waals surface area contributed by atoms with E-state index in [1.54, 1.807) is 11.1 Å².